The summed E-state index contributed by atoms with van der Waals surface area (Å²) in [6.45, 7) is 2.53. The molecule has 0 radical (unpaired) electrons. The number of hydrogen-bond donors (Lipinski definition) is 2. The molecule has 5 nitrogen and oxygen atoms in total. The monoisotopic (exact) mass is 378 g/mol. The maximum Gasteiger partial charge on any atom is 0.315 e. The Morgan fingerprint density at radius 2 is 1.71 bits per heavy atom. The van der Waals surface area contributed by atoms with Gasteiger partial charge in [-0.15, -0.1) is 0 Å². The predicted molar refractivity (Wildman–Crippen MR) is 112 cm³/mol. The van der Waals surface area contributed by atoms with Crippen LogP contribution in [-0.2, 0) is 6.42 Å². The van der Waals surface area contributed by atoms with Crippen LogP contribution >= 0.6 is 0 Å². The van der Waals surface area contributed by atoms with E-state index < -0.39 is 0 Å². The minimum Gasteiger partial charge on any atom is -0.493 e. The average molecular weight is 378 g/mol. The van der Waals surface area contributed by atoms with Crippen LogP contribution in [0.3, 0.4) is 0 Å². The van der Waals surface area contributed by atoms with Crippen LogP contribution < -0.4 is 20.1 Å². The van der Waals surface area contributed by atoms with E-state index >= 15 is 0 Å². The predicted octanol–water partition coefficient (Wildman–Crippen LogP) is 4.46. The second-order valence-corrected chi connectivity index (χ2v) is 6.63. The van der Waals surface area contributed by atoms with Gasteiger partial charge in [0, 0.05) is 6.54 Å². The molecule has 3 aromatic carbocycles. The Kier molecular flexibility index (Phi) is 6.37. The molecule has 0 aliphatic carbocycles. The first-order chi connectivity index (χ1) is 13.6. The Labute approximate surface area is 165 Å². The first-order valence-electron chi connectivity index (χ1n) is 9.35. The fourth-order valence-corrected chi connectivity index (χ4v) is 3.31. The topological polar surface area (TPSA) is 59.6 Å². The zero-order chi connectivity index (χ0) is 19.9. The van der Waals surface area contributed by atoms with Crippen LogP contribution in [0.25, 0.3) is 10.8 Å². The molecule has 0 saturated carbocycles. The Hall–Kier alpha value is -3.21. The number of rotatable bonds is 7. The summed E-state index contributed by atoms with van der Waals surface area (Å²) >= 11 is 0. The smallest absolute Gasteiger partial charge is 0.315 e. The van der Waals surface area contributed by atoms with Crippen LogP contribution in [0.1, 0.15) is 24.1 Å². The van der Waals surface area contributed by atoms with Crippen LogP contribution in [0, 0.1) is 0 Å². The minimum atomic E-state index is -0.180. The van der Waals surface area contributed by atoms with Gasteiger partial charge in [-0.1, -0.05) is 48.5 Å². The highest BCUT2D eigenvalue weighted by molar-refractivity contribution is 5.86. The van der Waals surface area contributed by atoms with E-state index in [-0.39, 0.29) is 12.1 Å². The van der Waals surface area contributed by atoms with E-state index in [1.807, 2.05) is 43.3 Å². The Morgan fingerprint density at radius 3 is 2.50 bits per heavy atom. The number of amides is 2. The van der Waals surface area contributed by atoms with Gasteiger partial charge in [0.2, 0.25) is 0 Å². The van der Waals surface area contributed by atoms with Gasteiger partial charge in [0.1, 0.15) is 0 Å². The summed E-state index contributed by atoms with van der Waals surface area (Å²) in [7, 11) is 3.22. The number of methoxy groups -OCH3 is 2. The zero-order valence-corrected chi connectivity index (χ0v) is 16.5. The zero-order valence-electron chi connectivity index (χ0n) is 16.5. The molecule has 0 aromatic heterocycles. The molecule has 0 aliphatic rings. The summed E-state index contributed by atoms with van der Waals surface area (Å²) in [5, 5.41) is 8.27. The molecule has 146 valence electrons. The Balaban J connectivity index is 1.55. The lowest BCUT2D eigenvalue weighted by Crippen LogP contribution is -2.38. The molecule has 0 fully saturated rings. The second kappa shape index (κ2) is 9.13. The molecule has 3 aromatic rings. The molecule has 2 amide bonds. The molecular weight excluding hydrogens is 352 g/mol. The quantitative estimate of drug-likeness (QED) is 0.638. The molecule has 0 aliphatic heterocycles. The molecule has 5 heteroatoms. The van der Waals surface area contributed by atoms with Crippen molar-refractivity contribution < 1.29 is 14.3 Å². The molecule has 0 heterocycles. The van der Waals surface area contributed by atoms with E-state index in [2.05, 4.69) is 34.9 Å². The van der Waals surface area contributed by atoms with Crippen molar-refractivity contribution in [1.29, 1.82) is 0 Å². The van der Waals surface area contributed by atoms with Crippen molar-refractivity contribution in [3.8, 4) is 11.5 Å². The van der Waals surface area contributed by atoms with E-state index in [1.165, 1.54) is 5.39 Å². The maximum atomic E-state index is 12.3. The molecule has 1 atom stereocenters. The molecule has 0 bridgehead atoms. The van der Waals surface area contributed by atoms with Gasteiger partial charge in [0.05, 0.1) is 20.3 Å². The highest BCUT2D eigenvalue weighted by Crippen LogP contribution is 2.27. The number of fused-ring (bicyclic) bond motifs is 1. The number of nitrogens with one attached hydrogen (secondary N) is 2. The first-order valence-corrected chi connectivity index (χ1v) is 9.35. The van der Waals surface area contributed by atoms with Gasteiger partial charge in [-0.3, -0.25) is 0 Å². The van der Waals surface area contributed by atoms with Gasteiger partial charge in [-0.25, -0.2) is 4.79 Å². The van der Waals surface area contributed by atoms with Crippen molar-refractivity contribution >= 4 is 16.8 Å². The standard InChI is InChI=1S/C23H26N2O3/c1-16(19-10-6-8-18-7-4-5-9-20(18)19)25-23(26)24-14-13-17-11-12-21(27-2)22(15-17)28-3/h4-12,15-16H,13-14H2,1-3H3,(H2,24,25,26)/t16-/m0/s1. The van der Waals surface area contributed by atoms with Gasteiger partial charge < -0.3 is 20.1 Å². The lowest BCUT2D eigenvalue weighted by Gasteiger charge is -2.17. The van der Waals surface area contributed by atoms with E-state index in [4.69, 9.17) is 9.47 Å². The fraction of sp³-hybridized carbons (Fsp3) is 0.261. The minimum absolute atomic E-state index is 0.0906. The van der Waals surface area contributed by atoms with Crippen LogP contribution in [0.4, 0.5) is 4.79 Å². The third-order valence-electron chi connectivity index (χ3n) is 4.78. The number of hydrogen-bond acceptors (Lipinski definition) is 3. The molecule has 28 heavy (non-hydrogen) atoms. The van der Waals surface area contributed by atoms with Crippen LogP contribution in [0.2, 0.25) is 0 Å². The SMILES string of the molecule is COc1ccc(CCNC(=O)N[C@@H](C)c2cccc3ccccc23)cc1OC. The van der Waals surface area contributed by atoms with Crippen LogP contribution in [0.5, 0.6) is 11.5 Å². The van der Waals surface area contributed by atoms with Crippen molar-refractivity contribution in [3.63, 3.8) is 0 Å². The van der Waals surface area contributed by atoms with Gasteiger partial charge in [0.25, 0.3) is 0 Å². The number of ether oxygens (including phenoxy) is 2. The van der Waals surface area contributed by atoms with Crippen molar-refractivity contribution in [3.05, 3.63) is 71.8 Å². The maximum absolute atomic E-state index is 12.3. The third-order valence-corrected chi connectivity index (χ3v) is 4.78. The third kappa shape index (κ3) is 4.55. The molecular formula is C23H26N2O3. The lowest BCUT2D eigenvalue weighted by atomic mass is 10.00. The highest BCUT2D eigenvalue weighted by atomic mass is 16.5. The van der Waals surface area contributed by atoms with E-state index in [0.717, 1.165) is 16.5 Å². The van der Waals surface area contributed by atoms with Crippen LogP contribution in [-0.4, -0.2) is 26.8 Å². The van der Waals surface area contributed by atoms with Crippen molar-refractivity contribution in [2.45, 2.75) is 19.4 Å². The van der Waals surface area contributed by atoms with Gasteiger partial charge in [-0.05, 0) is 47.4 Å². The molecule has 0 unspecified atom stereocenters. The molecule has 3 rings (SSSR count). The summed E-state index contributed by atoms with van der Waals surface area (Å²) in [4.78, 5) is 12.3. The van der Waals surface area contributed by atoms with E-state index in [9.17, 15) is 4.79 Å². The van der Waals surface area contributed by atoms with Gasteiger partial charge in [-0.2, -0.15) is 0 Å². The van der Waals surface area contributed by atoms with E-state index in [0.29, 0.717) is 24.5 Å². The Bertz CT molecular complexity index is 950. The second-order valence-electron chi connectivity index (χ2n) is 6.63. The van der Waals surface area contributed by atoms with Crippen LogP contribution in [0.15, 0.2) is 60.7 Å². The average Bonchev–Trinajstić information content (AvgIpc) is 2.73. The number of urea groups is 1. The summed E-state index contributed by atoms with van der Waals surface area (Å²) in [6.07, 6.45) is 0.705. The largest absolute Gasteiger partial charge is 0.493 e. The van der Waals surface area contributed by atoms with Gasteiger partial charge in [0.15, 0.2) is 11.5 Å². The molecule has 0 spiro atoms. The summed E-state index contributed by atoms with van der Waals surface area (Å²) < 4.78 is 10.6. The molecule has 0 saturated heterocycles. The fourth-order valence-electron chi connectivity index (χ4n) is 3.31. The highest BCUT2D eigenvalue weighted by Gasteiger charge is 2.12. The van der Waals surface area contributed by atoms with Gasteiger partial charge >= 0.3 is 6.03 Å². The number of carbonyl (C=O) groups is 1. The van der Waals surface area contributed by atoms with Crippen molar-refractivity contribution in [2.75, 3.05) is 20.8 Å². The summed E-state index contributed by atoms with van der Waals surface area (Å²) in [6, 6.07) is 19.8. The summed E-state index contributed by atoms with van der Waals surface area (Å²) in [5.74, 6) is 1.38. The normalized spacial score (nSPS) is 11.7. The lowest BCUT2D eigenvalue weighted by molar-refractivity contribution is 0.238. The number of carbonyl (C=O) groups excluding carboxylic acids is 1. The summed E-state index contributed by atoms with van der Waals surface area (Å²) in [5.41, 5.74) is 2.17. The first kappa shape index (κ1) is 19.5. The van der Waals surface area contributed by atoms with Crippen molar-refractivity contribution in [1.82, 2.24) is 10.6 Å². The number of benzene rings is 3. The van der Waals surface area contributed by atoms with E-state index in [1.54, 1.807) is 14.2 Å². The Morgan fingerprint density at radius 1 is 0.964 bits per heavy atom. The molecule has 2 N–H and O–H groups in total. The van der Waals surface area contributed by atoms with Crippen molar-refractivity contribution in [2.24, 2.45) is 0 Å².